The standard InChI is InChI=1S/C17H14BrF2N5OS/c1-9-3-4-12(5-10(9)2)25-17(22-23-24-25)27-8-15(26)21-16-13(18)6-11(19)7-14(16)20/h3-7H,8H2,1-2H3,(H,21,26). The molecule has 3 rings (SSSR count). The molecular formula is C17H14BrF2N5OS. The van der Waals surface area contributed by atoms with Gasteiger partial charge >= 0.3 is 0 Å². The number of aromatic nitrogens is 4. The fourth-order valence-corrected chi connectivity index (χ4v) is 3.45. The lowest BCUT2D eigenvalue weighted by Crippen LogP contribution is -2.16. The summed E-state index contributed by atoms with van der Waals surface area (Å²) in [7, 11) is 0. The van der Waals surface area contributed by atoms with Gasteiger partial charge < -0.3 is 5.32 Å². The van der Waals surface area contributed by atoms with Crippen LogP contribution in [0.15, 0.2) is 40.0 Å². The lowest BCUT2D eigenvalue weighted by atomic mass is 10.1. The number of aryl methyl sites for hydroxylation is 2. The zero-order valence-electron chi connectivity index (χ0n) is 14.3. The number of nitrogens with one attached hydrogen (secondary N) is 1. The number of carbonyl (C=O) groups is 1. The molecule has 0 saturated carbocycles. The molecule has 0 fully saturated rings. The molecule has 0 aliphatic heterocycles. The van der Waals surface area contributed by atoms with Crippen molar-refractivity contribution < 1.29 is 13.6 Å². The minimum Gasteiger partial charge on any atom is -0.322 e. The van der Waals surface area contributed by atoms with Gasteiger partial charge in [-0.05, 0) is 69.5 Å². The molecule has 0 aliphatic rings. The Morgan fingerprint density at radius 1 is 1.22 bits per heavy atom. The lowest BCUT2D eigenvalue weighted by Gasteiger charge is -2.09. The summed E-state index contributed by atoms with van der Waals surface area (Å²) in [5.41, 5.74) is 2.90. The van der Waals surface area contributed by atoms with Gasteiger partial charge in [0.2, 0.25) is 11.1 Å². The SMILES string of the molecule is Cc1ccc(-n2nnnc2SCC(=O)Nc2c(F)cc(F)cc2Br)cc1C. The average Bonchev–Trinajstić information content (AvgIpc) is 3.07. The number of hydrogen-bond donors (Lipinski definition) is 1. The molecule has 0 aliphatic carbocycles. The molecule has 10 heteroatoms. The summed E-state index contributed by atoms with van der Waals surface area (Å²) in [5, 5.41) is 14.4. The van der Waals surface area contributed by atoms with E-state index in [-0.39, 0.29) is 15.9 Å². The van der Waals surface area contributed by atoms with E-state index in [4.69, 9.17) is 0 Å². The zero-order valence-corrected chi connectivity index (χ0v) is 16.7. The molecule has 0 atom stereocenters. The van der Waals surface area contributed by atoms with Gasteiger partial charge in [0.1, 0.15) is 5.82 Å². The summed E-state index contributed by atoms with van der Waals surface area (Å²) in [4.78, 5) is 12.2. The zero-order chi connectivity index (χ0) is 19.6. The molecule has 27 heavy (non-hydrogen) atoms. The smallest absolute Gasteiger partial charge is 0.234 e. The fraction of sp³-hybridized carbons (Fsp3) is 0.176. The molecule has 0 bridgehead atoms. The van der Waals surface area contributed by atoms with E-state index in [1.807, 2.05) is 32.0 Å². The maximum Gasteiger partial charge on any atom is 0.234 e. The number of halogens is 3. The molecule has 0 saturated heterocycles. The van der Waals surface area contributed by atoms with Crippen molar-refractivity contribution >= 4 is 39.3 Å². The Kier molecular flexibility index (Phi) is 5.85. The van der Waals surface area contributed by atoms with E-state index in [2.05, 4.69) is 36.8 Å². The summed E-state index contributed by atoms with van der Waals surface area (Å²) < 4.78 is 28.6. The summed E-state index contributed by atoms with van der Waals surface area (Å²) >= 11 is 4.14. The average molecular weight is 454 g/mol. The van der Waals surface area contributed by atoms with Gasteiger partial charge in [-0.15, -0.1) is 5.10 Å². The van der Waals surface area contributed by atoms with E-state index in [0.29, 0.717) is 11.2 Å². The Labute approximate surface area is 166 Å². The van der Waals surface area contributed by atoms with Crippen LogP contribution < -0.4 is 5.32 Å². The molecule has 1 amide bonds. The van der Waals surface area contributed by atoms with Crippen LogP contribution in [-0.4, -0.2) is 31.9 Å². The molecule has 0 radical (unpaired) electrons. The normalized spacial score (nSPS) is 10.9. The lowest BCUT2D eigenvalue weighted by molar-refractivity contribution is -0.113. The highest BCUT2D eigenvalue weighted by Crippen LogP contribution is 2.27. The Morgan fingerprint density at radius 2 is 2.00 bits per heavy atom. The third kappa shape index (κ3) is 4.51. The minimum atomic E-state index is -0.861. The van der Waals surface area contributed by atoms with Gasteiger partial charge in [-0.25, -0.2) is 8.78 Å². The Morgan fingerprint density at radius 3 is 2.70 bits per heavy atom. The third-order valence-corrected chi connectivity index (χ3v) is 5.32. The van der Waals surface area contributed by atoms with Gasteiger partial charge in [-0.2, -0.15) is 4.68 Å². The topological polar surface area (TPSA) is 72.7 Å². The second-order valence-electron chi connectivity index (χ2n) is 5.72. The van der Waals surface area contributed by atoms with Crippen molar-refractivity contribution in [3.05, 3.63) is 57.6 Å². The van der Waals surface area contributed by atoms with Crippen LogP contribution in [0.25, 0.3) is 5.69 Å². The van der Waals surface area contributed by atoms with E-state index >= 15 is 0 Å². The maximum atomic E-state index is 13.8. The number of amides is 1. The molecule has 0 spiro atoms. The Bertz CT molecular complexity index is 988. The van der Waals surface area contributed by atoms with E-state index in [0.717, 1.165) is 34.6 Å². The first-order chi connectivity index (χ1) is 12.8. The highest BCUT2D eigenvalue weighted by Gasteiger charge is 2.15. The molecule has 1 heterocycles. The molecule has 3 aromatic rings. The van der Waals surface area contributed by atoms with Crippen molar-refractivity contribution in [2.45, 2.75) is 19.0 Å². The third-order valence-electron chi connectivity index (χ3n) is 3.78. The molecule has 140 valence electrons. The Balaban J connectivity index is 1.70. The van der Waals surface area contributed by atoms with Crippen LogP contribution in [0.2, 0.25) is 0 Å². The van der Waals surface area contributed by atoms with Crippen LogP contribution >= 0.6 is 27.7 Å². The first kappa shape index (κ1) is 19.4. The molecule has 1 N–H and O–H groups in total. The van der Waals surface area contributed by atoms with Crippen molar-refractivity contribution in [1.29, 1.82) is 0 Å². The van der Waals surface area contributed by atoms with Crippen LogP contribution in [-0.2, 0) is 4.79 Å². The largest absolute Gasteiger partial charge is 0.322 e. The van der Waals surface area contributed by atoms with Crippen molar-refractivity contribution in [2.24, 2.45) is 0 Å². The number of thioether (sulfide) groups is 1. The molecule has 6 nitrogen and oxygen atoms in total. The number of carbonyl (C=O) groups excluding carboxylic acids is 1. The highest BCUT2D eigenvalue weighted by atomic mass is 79.9. The van der Waals surface area contributed by atoms with Crippen molar-refractivity contribution in [3.63, 3.8) is 0 Å². The van der Waals surface area contributed by atoms with E-state index in [1.165, 1.54) is 4.68 Å². The summed E-state index contributed by atoms with van der Waals surface area (Å²) in [6, 6.07) is 7.57. The molecule has 2 aromatic carbocycles. The van der Waals surface area contributed by atoms with Crippen LogP contribution in [0.1, 0.15) is 11.1 Å². The van der Waals surface area contributed by atoms with Crippen LogP contribution in [0.4, 0.5) is 14.5 Å². The number of nitrogens with zero attached hydrogens (tertiary/aromatic N) is 4. The van der Waals surface area contributed by atoms with Gasteiger partial charge in [0.15, 0.2) is 5.82 Å². The second-order valence-corrected chi connectivity index (χ2v) is 7.52. The number of tetrazole rings is 1. The predicted octanol–water partition coefficient (Wildman–Crippen LogP) is 4.05. The van der Waals surface area contributed by atoms with Crippen molar-refractivity contribution in [3.8, 4) is 5.69 Å². The van der Waals surface area contributed by atoms with Gasteiger partial charge in [0.25, 0.3) is 0 Å². The second kappa shape index (κ2) is 8.13. The van der Waals surface area contributed by atoms with Crippen LogP contribution in [0, 0.1) is 25.5 Å². The van der Waals surface area contributed by atoms with Gasteiger partial charge in [-0.1, -0.05) is 17.8 Å². The number of benzene rings is 2. The first-order valence-corrected chi connectivity index (χ1v) is 9.56. The summed E-state index contributed by atoms with van der Waals surface area (Å²) in [5.74, 6) is -2.12. The van der Waals surface area contributed by atoms with E-state index in [9.17, 15) is 13.6 Å². The van der Waals surface area contributed by atoms with Crippen LogP contribution in [0.5, 0.6) is 0 Å². The Hall–Kier alpha value is -2.33. The fourth-order valence-electron chi connectivity index (χ4n) is 2.26. The van der Waals surface area contributed by atoms with E-state index in [1.54, 1.807) is 0 Å². The molecule has 1 aromatic heterocycles. The predicted molar refractivity (Wildman–Crippen MR) is 102 cm³/mol. The number of rotatable bonds is 5. The van der Waals surface area contributed by atoms with Crippen LogP contribution in [0.3, 0.4) is 0 Å². The van der Waals surface area contributed by atoms with E-state index < -0.39 is 17.5 Å². The van der Waals surface area contributed by atoms with Crippen molar-refractivity contribution in [2.75, 3.05) is 11.1 Å². The monoisotopic (exact) mass is 453 g/mol. The maximum absolute atomic E-state index is 13.8. The first-order valence-electron chi connectivity index (χ1n) is 7.78. The highest BCUT2D eigenvalue weighted by molar-refractivity contribution is 9.10. The summed E-state index contributed by atoms with van der Waals surface area (Å²) in [6.07, 6.45) is 0. The van der Waals surface area contributed by atoms with Gasteiger partial charge in [0, 0.05) is 10.5 Å². The quantitative estimate of drug-likeness (QED) is 0.589. The molecular weight excluding hydrogens is 440 g/mol. The van der Waals surface area contributed by atoms with Crippen molar-refractivity contribution in [1.82, 2.24) is 20.2 Å². The van der Waals surface area contributed by atoms with Gasteiger partial charge in [0.05, 0.1) is 17.1 Å². The number of hydrogen-bond acceptors (Lipinski definition) is 5. The molecule has 0 unspecified atom stereocenters. The minimum absolute atomic E-state index is 0.0471. The van der Waals surface area contributed by atoms with Gasteiger partial charge in [-0.3, -0.25) is 4.79 Å². The summed E-state index contributed by atoms with van der Waals surface area (Å²) in [6.45, 7) is 3.99. The number of anilines is 1.